The Balaban J connectivity index is 2.14. The minimum Gasteiger partial charge on any atom is -0.478 e. The average molecular weight is 387 g/mol. The van der Waals surface area contributed by atoms with Gasteiger partial charge in [-0.1, -0.05) is 30.3 Å². The second-order valence-electron chi connectivity index (χ2n) is 5.06. The summed E-state index contributed by atoms with van der Waals surface area (Å²) in [6, 6.07) is 15.2. The number of benzene rings is 3. The highest BCUT2D eigenvalue weighted by Crippen LogP contribution is 2.35. The maximum atomic E-state index is 11.5. The lowest BCUT2D eigenvalue weighted by Crippen LogP contribution is -2.04. The van der Waals surface area contributed by atoms with Gasteiger partial charge in [0.1, 0.15) is 0 Å². The van der Waals surface area contributed by atoms with Gasteiger partial charge in [-0.3, -0.25) is 10.1 Å². The molecule has 0 radical (unpaired) electrons. The number of carboxylic acid groups (broad SMARTS) is 1. The van der Waals surface area contributed by atoms with Crippen LogP contribution in [0.3, 0.4) is 0 Å². The molecule has 0 amide bonds. The highest BCUT2D eigenvalue weighted by molar-refractivity contribution is 9.10. The molecule has 3 aromatic rings. The van der Waals surface area contributed by atoms with E-state index in [1.54, 1.807) is 0 Å². The Morgan fingerprint density at radius 2 is 1.88 bits per heavy atom. The van der Waals surface area contributed by atoms with E-state index in [9.17, 15) is 20.0 Å². The summed E-state index contributed by atoms with van der Waals surface area (Å²) in [6.07, 6.45) is 0. The fourth-order valence-corrected chi connectivity index (χ4v) is 2.88. The number of nitrogens with zero attached hydrogens (tertiary/aromatic N) is 1. The Morgan fingerprint density at radius 1 is 1.12 bits per heavy atom. The summed E-state index contributed by atoms with van der Waals surface area (Å²) < 4.78 is 0.760. The van der Waals surface area contributed by atoms with Gasteiger partial charge in [0.05, 0.1) is 21.9 Å². The average Bonchev–Trinajstić information content (AvgIpc) is 2.57. The molecule has 0 fully saturated rings. The van der Waals surface area contributed by atoms with Crippen LogP contribution in [0.15, 0.2) is 59.1 Å². The molecule has 0 bridgehead atoms. The van der Waals surface area contributed by atoms with Crippen molar-refractivity contribution in [3.8, 4) is 0 Å². The van der Waals surface area contributed by atoms with Crippen molar-refractivity contribution in [3.05, 3.63) is 74.7 Å². The van der Waals surface area contributed by atoms with Crippen molar-refractivity contribution in [2.24, 2.45) is 0 Å². The molecule has 0 saturated heterocycles. The smallest absolute Gasteiger partial charge is 0.338 e. The van der Waals surface area contributed by atoms with Crippen molar-refractivity contribution in [3.63, 3.8) is 0 Å². The zero-order valence-electron chi connectivity index (χ0n) is 12.2. The molecule has 24 heavy (non-hydrogen) atoms. The number of nitro groups is 1. The minimum absolute atomic E-state index is 0.163. The number of carbonyl (C=O) groups is 1. The molecule has 0 atom stereocenters. The van der Waals surface area contributed by atoms with E-state index in [0.29, 0.717) is 5.69 Å². The first-order chi connectivity index (χ1) is 11.5. The highest BCUT2D eigenvalue weighted by Gasteiger charge is 2.17. The maximum absolute atomic E-state index is 11.5. The molecule has 7 heteroatoms. The Morgan fingerprint density at radius 3 is 2.58 bits per heavy atom. The molecule has 6 nitrogen and oxygen atoms in total. The van der Waals surface area contributed by atoms with Crippen LogP contribution in [0, 0.1) is 10.1 Å². The normalized spacial score (nSPS) is 10.5. The van der Waals surface area contributed by atoms with E-state index in [1.165, 1.54) is 12.1 Å². The van der Waals surface area contributed by atoms with E-state index < -0.39 is 10.9 Å². The Labute approximate surface area is 145 Å². The van der Waals surface area contributed by atoms with Gasteiger partial charge in [-0.05, 0) is 33.4 Å². The van der Waals surface area contributed by atoms with Gasteiger partial charge in [-0.25, -0.2) is 4.79 Å². The number of fused-ring (bicyclic) bond motifs is 1. The maximum Gasteiger partial charge on any atom is 0.338 e. The Bertz CT molecular complexity index is 972. The number of hydrogen-bond acceptors (Lipinski definition) is 4. The molecule has 0 aliphatic rings. The summed E-state index contributed by atoms with van der Waals surface area (Å²) in [5, 5.41) is 25.2. The van der Waals surface area contributed by atoms with E-state index >= 15 is 0 Å². The van der Waals surface area contributed by atoms with Crippen LogP contribution in [0.2, 0.25) is 0 Å². The fourth-order valence-electron chi connectivity index (χ4n) is 2.44. The van der Waals surface area contributed by atoms with Crippen LogP contribution in [-0.2, 0) is 0 Å². The zero-order chi connectivity index (χ0) is 17.3. The lowest BCUT2D eigenvalue weighted by Gasteiger charge is -2.14. The fraction of sp³-hybridized carbons (Fsp3) is 0. The van der Waals surface area contributed by atoms with Crippen LogP contribution in [0.4, 0.5) is 17.1 Å². The Kier molecular flexibility index (Phi) is 4.18. The lowest BCUT2D eigenvalue weighted by molar-refractivity contribution is -0.384. The predicted molar refractivity (Wildman–Crippen MR) is 95.0 cm³/mol. The number of nitrogens with one attached hydrogen (secondary N) is 1. The summed E-state index contributed by atoms with van der Waals surface area (Å²) in [4.78, 5) is 21.7. The first kappa shape index (κ1) is 15.9. The molecule has 2 N–H and O–H groups in total. The third kappa shape index (κ3) is 2.93. The summed E-state index contributed by atoms with van der Waals surface area (Å²) in [7, 11) is 0. The lowest BCUT2D eigenvalue weighted by atomic mass is 10.1. The van der Waals surface area contributed by atoms with Crippen molar-refractivity contribution in [1.29, 1.82) is 0 Å². The number of anilines is 2. The minimum atomic E-state index is -1.24. The van der Waals surface area contributed by atoms with Crippen LogP contribution < -0.4 is 5.32 Å². The van der Waals surface area contributed by atoms with Crippen LogP contribution in [0.25, 0.3) is 10.8 Å². The molecule has 0 unspecified atom stereocenters. The standard InChI is InChI=1S/C17H11BrN2O4/c18-14-7-5-10-3-1-2-4-12(10)16(14)19-15-8-6-11(20(23)24)9-13(15)17(21)22/h1-9,19H,(H,21,22). The molecule has 3 aromatic carbocycles. The topological polar surface area (TPSA) is 92.5 Å². The number of hydrogen-bond donors (Lipinski definition) is 2. The first-order valence-corrected chi connectivity index (χ1v) is 7.72. The molecule has 0 spiro atoms. The number of non-ortho nitro benzene ring substituents is 1. The van der Waals surface area contributed by atoms with E-state index in [0.717, 1.165) is 21.3 Å². The van der Waals surface area contributed by atoms with E-state index in [1.807, 2.05) is 36.4 Å². The third-order valence-corrected chi connectivity index (χ3v) is 4.24. The number of aromatic carboxylic acids is 1. The van der Waals surface area contributed by atoms with Gasteiger partial charge < -0.3 is 10.4 Å². The van der Waals surface area contributed by atoms with Crippen molar-refractivity contribution in [1.82, 2.24) is 0 Å². The SMILES string of the molecule is O=C(O)c1cc([N+](=O)[O-])ccc1Nc1c(Br)ccc2ccccc12. The molecule has 0 aliphatic heterocycles. The molecule has 0 aromatic heterocycles. The number of halogens is 1. The number of rotatable bonds is 4. The molecule has 0 saturated carbocycles. The van der Waals surface area contributed by atoms with E-state index in [-0.39, 0.29) is 16.9 Å². The quantitative estimate of drug-likeness (QED) is 0.488. The van der Waals surface area contributed by atoms with Crippen LogP contribution in [0.1, 0.15) is 10.4 Å². The molecular formula is C17H11BrN2O4. The summed E-state index contributed by atoms with van der Waals surface area (Å²) >= 11 is 3.46. The van der Waals surface area contributed by atoms with Crippen LogP contribution in [-0.4, -0.2) is 16.0 Å². The predicted octanol–water partition coefficient (Wildman–Crippen LogP) is 4.95. The Hall–Kier alpha value is -2.93. The zero-order valence-corrected chi connectivity index (χ0v) is 13.8. The molecule has 0 heterocycles. The van der Waals surface area contributed by atoms with Crippen LogP contribution >= 0.6 is 15.9 Å². The summed E-state index contributed by atoms with van der Waals surface area (Å²) in [6.45, 7) is 0. The van der Waals surface area contributed by atoms with Gasteiger partial charge >= 0.3 is 5.97 Å². The number of nitro benzene ring substituents is 1. The largest absolute Gasteiger partial charge is 0.478 e. The van der Waals surface area contributed by atoms with Gasteiger partial charge in [-0.15, -0.1) is 0 Å². The van der Waals surface area contributed by atoms with Gasteiger partial charge in [0.2, 0.25) is 0 Å². The third-order valence-electron chi connectivity index (χ3n) is 3.58. The van der Waals surface area contributed by atoms with Crippen molar-refractivity contribution in [2.45, 2.75) is 0 Å². The van der Waals surface area contributed by atoms with Crippen LogP contribution in [0.5, 0.6) is 0 Å². The molecular weight excluding hydrogens is 376 g/mol. The highest BCUT2D eigenvalue weighted by atomic mass is 79.9. The van der Waals surface area contributed by atoms with Crippen molar-refractivity contribution in [2.75, 3.05) is 5.32 Å². The summed E-state index contributed by atoms with van der Waals surface area (Å²) in [5.41, 5.74) is 0.550. The monoisotopic (exact) mass is 386 g/mol. The van der Waals surface area contributed by atoms with Gasteiger partial charge in [-0.2, -0.15) is 0 Å². The summed E-state index contributed by atoms with van der Waals surface area (Å²) in [5.74, 6) is -1.24. The second kappa shape index (κ2) is 6.29. The van der Waals surface area contributed by atoms with Gasteiger partial charge in [0.25, 0.3) is 5.69 Å². The van der Waals surface area contributed by atoms with E-state index in [4.69, 9.17) is 0 Å². The van der Waals surface area contributed by atoms with Gasteiger partial charge in [0, 0.05) is 22.0 Å². The molecule has 3 rings (SSSR count). The molecule has 120 valence electrons. The van der Waals surface area contributed by atoms with Crippen molar-refractivity contribution >= 4 is 49.7 Å². The van der Waals surface area contributed by atoms with E-state index in [2.05, 4.69) is 21.2 Å². The first-order valence-electron chi connectivity index (χ1n) is 6.93. The molecule has 0 aliphatic carbocycles. The van der Waals surface area contributed by atoms with Gasteiger partial charge in [0.15, 0.2) is 0 Å². The second-order valence-corrected chi connectivity index (χ2v) is 5.92. The van der Waals surface area contributed by atoms with Crippen molar-refractivity contribution < 1.29 is 14.8 Å². The number of carboxylic acids is 1.